The first-order valence-electron chi connectivity index (χ1n) is 6.82. The normalized spacial score (nSPS) is 30.1. The van der Waals surface area contributed by atoms with Gasteiger partial charge in [0.1, 0.15) is 0 Å². The molecule has 0 aliphatic heterocycles. The predicted molar refractivity (Wildman–Crippen MR) is 72.3 cm³/mol. The van der Waals surface area contributed by atoms with Crippen molar-refractivity contribution in [3.8, 4) is 0 Å². The van der Waals surface area contributed by atoms with Gasteiger partial charge in [-0.3, -0.25) is 0 Å². The molecule has 2 rings (SSSR count). The van der Waals surface area contributed by atoms with E-state index in [1.807, 2.05) is 11.6 Å². The molecule has 1 aromatic heterocycles. The first kappa shape index (κ1) is 13.0. The number of nitrogens with zero attached hydrogens (tertiary/aromatic N) is 1. The quantitative estimate of drug-likeness (QED) is 0.828. The molecule has 1 heterocycles. The van der Waals surface area contributed by atoms with Gasteiger partial charge in [0, 0.05) is 18.0 Å². The van der Waals surface area contributed by atoms with E-state index in [4.69, 9.17) is 0 Å². The van der Waals surface area contributed by atoms with E-state index < -0.39 is 5.60 Å². The molecule has 0 spiro atoms. The van der Waals surface area contributed by atoms with Gasteiger partial charge in [0.15, 0.2) is 0 Å². The molecular weight excluding hydrogens is 230 g/mol. The van der Waals surface area contributed by atoms with Crippen LogP contribution in [0.3, 0.4) is 0 Å². The second kappa shape index (κ2) is 5.96. The van der Waals surface area contributed by atoms with E-state index in [9.17, 15) is 5.11 Å². The molecule has 3 heteroatoms. The molecule has 0 bridgehead atoms. The molecule has 0 radical (unpaired) electrons. The zero-order valence-electron chi connectivity index (χ0n) is 10.7. The fourth-order valence-corrected chi connectivity index (χ4v) is 3.71. The van der Waals surface area contributed by atoms with Crippen molar-refractivity contribution in [3.63, 3.8) is 0 Å². The Morgan fingerprint density at radius 1 is 1.47 bits per heavy atom. The minimum atomic E-state index is -0.486. The highest BCUT2D eigenvalue weighted by Gasteiger charge is 2.31. The highest BCUT2D eigenvalue weighted by Crippen LogP contribution is 2.34. The van der Waals surface area contributed by atoms with Gasteiger partial charge in [-0.25, -0.2) is 4.98 Å². The molecular formula is C14H23NOS. The molecule has 1 aliphatic carbocycles. The molecule has 0 aromatic carbocycles. The minimum Gasteiger partial charge on any atom is -0.389 e. The van der Waals surface area contributed by atoms with E-state index >= 15 is 0 Å². The molecule has 17 heavy (non-hydrogen) atoms. The van der Waals surface area contributed by atoms with Crippen molar-refractivity contribution in [1.29, 1.82) is 0 Å². The number of aromatic nitrogens is 1. The molecule has 2 unspecified atom stereocenters. The van der Waals surface area contributed by atoms with Gasteiger partial charge in [0.05, 0.1) is 10.6 Å². The summed E-state index contributed by atoms with van der Waals surface area (Å²) < 4.78 is 0. The Morgan fingerprint density at radius 3 is 3.06 bits per heavy atom. The van der Waals surface area contributed by atoms with Crippen molar-refractivity contribution in [2.45, 2.75) is 63.9 Å². The summed E-state index contributed by atoms with van der Waals surface area (Å²) in [5.74, 6) is 0.838. The highest BCUT2D eigenvalue weighted by atomic mass is 32.1. The van der Waals surface area contributed by atoms with Crippen molar-refractivity contribution >= 4 is 11.3 Å². The lowest BCUT2D eigenvalue weighted by molar-refractivity contribution is 0.0240. The lowest BCUT2D eigenvalue weighted by atomic mass is 9.90. The molecule has 1 N–H and O–H groups in total. The van der Waals surface area contributed by atoms with Crippen LogP contribution in [-0.2, 0) is 6.42 Å². The van der Waals surface area contributed by atoms with E-state index in [1.54, 1.807) is 11.3 Å². The van der Waals surface area contributed by atoms with Gasteiger partial charge in [-0.2, -0.15) is 0 Å². The van der Waals surface area contributed by atoms with Crippen LogP contribution in [0.25, 0.3) is 0 Å². The zero-order valence-corrected chi connectivity index (χ0v) is 11.5. The molecule has 0 saturated heterocycles. The fraction of sp³-hybridized carbons (Fsp3) is 0.786. The summed E-state index contributed by atoms with van der Waals surface area (Å²) >= 11 is 1.66. The third-order valence-electron chi connectivity index (χ3n) is 3.93. The van der Waals surface area contributed by atoms with Gasteiger partial charge in [0.2, 0.25) is 0 Å². The maximum Gasteiger partial charge on any atom is 0.0953 e. The third-order valence-corrected chi connectivity index (χ3v) is 4.71. The standard InChI is InChI=1S/C14H23NOS/c1-2-4-12-5-3-7-14(16,8-6-12)11-13-15-9-10-17-13/h9-10,12,16H,2-8,11H2,1H3. The van der Waals surface area contributed by atoms with Crippen molar-refractivity contribution in [2.75, 3.05) is 0 Å². The highest BCUT2D eigenvalue weighted by molar-refractivity contribution is 7.09. The Kier molecular flexibility index (Phi) is 4.57. The number of aliphatic hydroxyl groups is 1. The fourth-order valence-electron chi connectivity index (χ4n) is 2.96. The smallest absolute Gasteiger partial charge is 0.0953 e. The molecule has 1 fully saturated rings. The second-order valence-electron chi connectivity index (χ2n) is 5.41. The van der Waals surface area contributed by atoms with Crippen LogP contribution in [0.5, 0.6) is 0 Å². The van der Waals surface area contributed by atoms with Gasteiger partial charge in [-0.05, 0) is 25.2 Å². The SMILES string of the molecule is CCCC1CCCC(O)(Cc2nccs2)CC1. The van der Waals surface area contributed by atoms with Gasteiger partial charge in [-0.1, -0.05) is 32.6 Å². The number of rotatable bonds is 4. The Hall–Kier alpha value is -0.410. The first-order chi connectivity index (χ1) is 8.22. The zero-order chi connectivity index (χ0) is 12.1. The second-order valence-corrected chi connectivity index (χ2v) is 6.39. The molecule has 1 aromatic rings. The lowest BCUT2D eigenvalue weighted by Crippen LogP contribution is -2.30. The molecule has 1 saturated carbocycles. The summed E-state index contributed by atoms with van der Waals surface area (Å²) in [6.45, 7) is 2.26. The van der Waals surface area contributed by atoms with E-state index in [1.165, 1.54) is 32.1 Å². The van der Waals surface area contributed by atoms with Crippen LogP contribution < -0.4 is 0 Å². The molecule has 96 valence electrons. The third kappa shape index (κ3) is 3.78. The average molecular weight is 253 g/mol. The van der Waals surface area contributed by atoms with E-state index in [2.05, 4.69) is 11.9 Å². The molecule has 2 atom stereocenters. The maximum atomic E-state index is 10.7. The van der Waals surface area contributed by atoms with E-state index in [0.29, 0.717) is 0 Å². The van der Waals surface area contributed by atoms with Crippen molar-refractivity contribution in [2.24, 2.45) is 5.92 Å². The molecule has 0 amide bonds. The van der Waals surface area contributed by atoms with Crippen LogP contribution in [0.4, 0.5) is 0 Å². The summed E-state index contributed by atoms with van der Waals surface area (Å²) in [6.07, 6.45) is 10.8. The molecule has 1 aliphatic rings. The van der Waals surface area contributed by atoms with Gasteiger partial charge in [0.25, 0.3) is 0 Å². The van der Waals surface area contributed by atoms with Crippen LogP contribution in [0, 0.1) is 5.92 Å². The number of hydrogen-bond donors (Lipinski definition) is 1. The summed E-state index contributed by atoms with van der Waals surface area (Å²) in [6, 6.07) is 0. The molecule has 2 nitrogen and oxygen atoms in total. The summed E-state index contributed by atoms with van der Waals surface area (Å²) in [7, 11) is 0. The van der Waals surface area contributed by atoms with Gasteiger partial charge in [-0.15, -0.1) is 11.3 Å². The van der Waals surface area contributed by atoms with Crippen molar-refractivity contribution < 1.29 is 5.11 Å². The van der Waals surface area contributed by atoms with Crippen molar-refractivity contribution in [1.82, 2.24) is 4.98 Å². The Labute approximate surface area is 108 Å². The first-order valence-corrected chi connectivity index (χ1v) is 7.70. The Bertz CT molecular complexity index is 325. The number of thiazole rings is 1. The van der Waals surface area contributed by atoms with E-state index in [-0.39, 0.29) is 0 Å². The maximum absolute atomic E-state index is 10.7. The van der Waals surface area contributed by atoms with Crippen LogP contribution in [0.2, 0.25) is 0 Å². The Morgan fingerprint density at radius 2 is 2.35 bits per heavy atom. The monoisotopic (exact) mass is 253 g/mol. The number of hydrogen-bond acceptors (Lipinski definition) is 3. The largest absolute Gasteiger partial charge is 0.389 e. The average Bonchev–Trinajstić information content (AvgIpc) is 2.72. The topological polar surface area (TPSA) is 33.1 Å². The summed E-state index contributed by atoms with van der Waals surface area (Å²) in [5, 5.41) is 13.8. The van der Waals surface area contributed by atoms with Crippen LogP contribution in [0.1, 0.15) is 56.9 Å². The van der Waals surface area contributed by atoms with Gasteiger partial charge < -0.3 is 5.11 Å². The summed E-state index contributed by atoms with van der Waals surface area (Å²) in [5.41, 5.74) is -0.486. The van der Waals surface area contributed by atoms with Gasteiger partial charge >= 0.3 is 0 Å². The minimum absolute atomic E-state index is 0.486. The lowest BCUT2D eigenvalue weighted by Gasteiger charge is -2.25. The summed E-state index contributed by atoms with van der Waals surface area (Å²) in [4.78, 5) is 4.30. The van der Waals surface area contributed by atoms with Crippen LogP contribution in [0.15, 0.2) is 11.6 Å². The van der Waals surface area contributed by atoms with Crippen LogP contribution >= 0.6 is 11.3 Å². The van der Waals surface area contributed by atoms with Crippen molar-refractivity contribution in [3.05, 3.63) is 16.6 Å². The van der Waals surface area contributed by atoms with E-state index in [0.717, 1.165) is 30.2 Å². The van der Waals surface area contributed by atoms with Crippen LogP contribution in [-0.4, -0.2) is 15.7 Å². The Balaban J connectivity index is 1.92. The predicted octanol–water partition coefficient (Wildman–Crippen LogP) is 3.80.